The zero-order chi connectivity index (χ0) is 15.2. The van der Waals surface area contributed by atoms with E-state index in [1.807, 2.05) is 6.92 Å². The van der Waals surface area contributed by atoms with Crippen LogP contribution in [0.15, 0.2) is 24.3 Å². The van der Waals surface area contributed by atoms with E-state index in [0.717, 1.165) is 31.2 Å². The molecule has 0 saturated carbocycles. The van der Waals surface area contributed by atoms with Gasteiger partial charge in [0.15, 0.2) is 0 Å². The summed E-state index contributed by atoms with van der Waals surface area (Å²) in [5, 5.41) is 9.78. The van der Waals surface area contributed by atoms with Crippen molar-refractivity contribution in [1.82, 2.24) is 0 Å². The number of hydrogen-bond donors (Lipinski definition) is 1. The predicted molar refractivity (Wildman–Crippen MR) is 80.8 cm³/mol. The van der Waals surface area contributed by atoms with E-state index in [-0.39, 0.29) is 17.8 Å². The number of rotatable bonds is 1. The van der Waals surface area contributed by atoms with E-state index < -0.39 is 0 Å². The van der Waals surface area contributed by atoms with Gasteiger partial charge in [0.25, 0.3) is 0 Å². The number of allylic oxidation sites excluding steroid dienone is 1. The van der Waals surface area contributed by atoms with Crippen LogP contribution < -0.4 is 4.74 Å². The van der Waals surface area contributed by atoms with Gasteiger partial charge in [-0.15, -0.1) is 0 Å². The number of aromatic hydroxyl groups is 1. The quantitative estimate of drug-likeness (QED) is 0.634. The molecule has 0 unspecified atom stereocenters. The first-order valence-electron chi connectivity index (χ1n) is 7.37. The highest BCUT2D eigenvalue weighted by Gasteiger charge is 2.22. The molecular formula is C17H22O4. The molecule has 0 spiro atoms. The highest BCUT2D eigenvalue weighted by molar-refractivity contribution is 5.94. The van der Waals surface area contributed by atoms with Crippen LogP contribution in [0.3, 0.4) is 0 Å². The van der Waals surface area contributed by atoms with Gasteiger partial charge in [0.2, 0.25) is 0 Å². The van der Waals surface area contributed by atoms with E-state index in [2.05, 4.69) is 12.2 Å². The molecule has 0 radical (unpaired) electrons. The Labute approximate surface area is 125 Å². The molecule has 0 bridgehead atoms. The van der Waals surface area contributed by atoms with Crippen molar-refractivity contribution < 1.29 is 19.4 Å². The summed E-state index contributed by atoms with van der Waals surface area (Å²) in [6.45, 7) is 1.88. The van der Waals surface area contributed by atoms with Crippen molar-refractivity contribution in [3.05, 3.63) is 35.4 Å². The molecule has 4 nitrogen and oxygen atoms in total. The monoisotopic (exact) mass is 290 g/mol. The summed E-state index contributed by atoms with van der Waals surface area (Å²) in [5.74, 6) is 0.0940. The fourth-order valence-corrected chi connectivity index (χ4v) is 2.52. The van der Waals surface area contributed by atoms with Gasteiger partial charge in [0.1, 0.15) is 23.2 Å². The lowest BCUT2D eigenvalue weighted by atomic mass is 9.99. The van der Waals surface area contributed by atoms with Crippen LogP contribution in [0.25, 0.3) is 0 Å². The average molecular weight is 290 g/mol. The molecule has 21 heavy (non-hydrogen) atoms. The first kappa shape index (κ1) is 15.4. The summed E-state index contributed by atoms with van der Waals surface area (Å²) in [6.07, 6.45) is 8.47. The minimum atomic E-state index is -0.386. The molecule has 1 aliphatic rings. The molecule has 1 N–H and O–H groups in total. The number of phenols is 1. The van der Waals surface area contributed by atoms with E-state index in [1.54, 1.807) is 6.07 Å². The smallest absolute Gasteiger partial charge is 0.342 e. The van der Waals surface area contributed by atoms with Gasteiger partial charge in [-0.25, -0.2) is 4.79 Å². The number of hydrogen-bond acceptors (Lipinski definition) is 4. The average Bonchev–Trinajstić information content (AvgIpc) is 2.44. The van der Waals surface area contributed by atoms with Gasteiger partial charge in [0, 0.05) is 12.5 Å². The van der Waals surface area contributed by atoms with E-state index in [1.165, 1.54) is 13.2 Å². The number of carbonyl (C=O) groups excluding carboxylic acids is 1. The Morgan fingerprint density at radius 2 is 2.10 bits per heavy atom. The molecule has 0 amide bonds. The number of benzene rings is 1. The zero-order valence-electron chi connectivity index (χ0n) is 12.6. The standard InChI is InChI=1S/C17H22O4/c1-12-8-6-4-3-5-7-9-13-10-14(18)11-15(20-2)16(13)17(19)21-12/h4,6,10-12,18H,3,5,7-9H2,1-2H3/b6-4+/t12-/m1/s1. The summed E-state index contributed by atoms with van der Waals surface area (Å²) < 4.78 is 10.7. The van der Waals surface area contributed by atoms with E-state index >= 15 is 0 Å². The molecule has 0 aliphatic carbocycles. The highest BCUT2D eigenvalue weighted by atomic mass is 16.5. The van der Waals surface area contributed by atoms with Gasteiger partial charge < -0.3 is 14.6 Å². The molecule has 1 aromatic carbocycles. The maximum absolute atomic E-state index is 12.4. The minimum Gasteiger partial charge on any atom is -0.508 e. The van der Waals surface area contributed by atoms with Crippen molar-refractivity contribution >= 4 is 5.97 Å². The van der Waals surface area contributed by atoms with Crippen LogP contribution in [0.5, 0.6) is 11.5 Å². The van der Waals surface area contributed by atoms with Gasteiger partial charge in [-0.1, -0.05) is 12.2 Å². The number of ether oxygens (including phenoxy) is 2. The SMILES string of the molecule is COc1cc(O)cc2c1C(=O)O[C@H](C)C/C=C/CCCC2. The van der Waals surface area contributed by atoms with Crippen molar-refractivity contribution in [2.75, 3.05) is 7.11 Å². The van der Waals surface area contributed by atoms with E-state index in [0.29, 0.717) is 17.7 Å². The summed E-state index contributed by atoms with van der Waals surface area (Å²) in [7, 11) is 1.49. The second-order valence-electron chi connectivity index (χ2n) is 5.35. The Balaban J connectivity index is 2.38. The van der Waals surface area contributed by atoms with Crippen molar-refractivity contribution in [2.24, 2.45) is 0 Å². The summed E-state index contributed by atoms with van der Waals surface area (Å²) in [6, 6.07) is 3.09. The third-order valence-corrected chi connectivity index (χ3v) is 3.60. The van der Waals surface area contributed by atoms with Crippen LogP contribution >= 0.6 is 0 Å². The molecule has 1 atom stereocenters. The number of fused-ring (bicyclic) bond motifs is 1. The molecule has 0 aromatic heterocycles. The number of carbonyl (C=O) groups is 1. The lowest BCUT2D eigenvalue weighted by Crippen LogP contribution is -2.17. The van der Waals surface area contributed by atoms with Crippen LogP contribution in [0.1, 0.15) is 48.5 Å². The number of cyclic esters (lactones) is 1. The van der Waals surface area contributed by atoms with Crippen LogP contribution in [0.2, 0.25) is 0 Å². The van der Waals surface area contributed by atoms with Crippen LogP contribution in [-0.4, -0.2) is 24.3 Å². The van der Waals surface area contributed by atoms with E-state index in [9.17, 15) is 9.90 Å². The lowest BCUT2D eigenvalue weighted by molar-refractivity contribution is 0.0343. The molecule has 114 valence electrons. The summed E-state index contributed by atoms with van der Waals surface area (Å²) >= 11 is 0. The third kappa shape index (κ3) is 4.00. The Bertz CT molecular complexity index is 534. The van der Waals surface area contributed by atoms with Gasteiger partial charge in [-0.05, 0) is 44.2 Å². The Morgan fingerprint density at radius 3 is 2.86 bits per heavy atom. The summed E-state index contributed by atoms with van der Waals surface area (Å²) in [4.78, 5) is 12.4. The molecule has 2 rings (SSSR count). The number of esters is 1. The molecule has 1 aromatic rings. The highest BCUT2D eigenvalue weighted by Crippen LogP contribution is 2.30. The molecule has 1 heterocycles. The topological polar surface area (TPSA) is 55.8 Å². The largest absolute Gasteiger partial charge is 0.508 e. The number of aryl methyl sites for hydroxylation is 1. The number of methoxy groups -OCH3 is 1. The molecular weight excluding hydrogens is 268 g/mol. The van der Waals surface area contributed by atoms with Crippen LogP contribution in [-0.2, 0) is 11.2 Å². The van der Waals surface area contributed by atoms with Crippen molar-refractivity contribution in [3.63, 3.8) is 0 Å². The molecule has 1 aliphatic heterocycles. The van der Waals surface area contributed by atoms with Crippen LogP contribution in [0, 0.1) is 0 Å². The van der Waals surface area contributed by atoms with Crippen molar-refractivity contribution in [1.29, 1.82) is 0 Å². The predicted octanol–water partition coefficient (Wildman–Crippen LogP) is 3.62. The Hall–Kier alpha value is -1.97. The van der Waals surface area contributed by atoms with Gasteiger partial charge in [-0.2, -0.15) is 0 Å². The first-order chi connectivity index (χ1) is 10.1. The normalized spacial score (nSPS) is 21.4. The lowest BCUT2D eigenvalue weighted by Gasteiger charge is -2.17. The molecule has 4 heteroatoms. The van der Waals surface area contributed by atoms with Gasteiger partial charge >= 0.3 is 5.97 Å². The third-order valence-electron chi connectivity index (χ3n) is 3.60. The summed E-state index contributed by atoms with van der Waals surface area (Å²) in [5.41, 5.74) is 1.22. The van der Waals surface area contributed by atoms with Gasteiger partial charge in [-0.3, -0.25) is 0 Å². The first-order valence-corrected chi connectivity index (χ1v) is 7.37. The molecule has 0 fully saturated rings. The fraction of sp³-hybridized carbons (Fsp3) is 0.471. The molecule has 0 saturated heterocycles. The second kappa shape index (κ2) is 7.16. The van der Waals surface area contributed by atoms with Crippen molar-refractivity contribution in [2.45, 2.75) is 45.1 Å². The number of phenolic OH excluding ortho intramolecular Hbond substituents is 1. The van der Waals surface area contributed by atoms with Crippen LogP contribution in [0.4, 0.5) is 0 Å². The minimum absolute atomic E-state index is 0.110. The zero-order valence-corrected chi connectivity index (χ0v) is 12.6. The van der Waals surface area contributed by atoms with Gasteiger partial charge in [0.05, 0.1) is 7.11 Å². The fourth-order valence-electron chi connectivity index (χ4n) is 2.52. The van der Waals surface area contributed by atoms with E-state index in [4.69, 9.17) is 9.47 Å². The maximum atomic E-state index is 12.4. The van der Waals surface area contributed by atoms with Crippen molar-refractivity contribution in [3.8, 4) is 11.5 Å². The Morgan fingerprint density at radius 1 is 1.29 bits per heavy atom. The maximum Gasteiger partial charge on any atom is 0.342 e. The Kier molecular flexibility index (Phi) is 5.26. The second-order valence-corrected chi connectivity index (χ2v) is 5.35.